The highest BCUT2D eigenvalue weighted by Gasteiger charge is 2.10. The summed E-state index contributed by atoms with van der Waals surface area (Å²) in [5.41, 5.74) is 5.84. The van der Waals surface area contributed by atoms with Gasteiger partial charge in [-0.1, -0.05) is 6.07 Å². The Balaban J connectivity index is 2.54. The monoisotopic (exact) mass is 195 g/mol. The second-order valence-corrected chi connectivity index (χ2v) is 2.97. The second-order valence-electron chi connectivity index (χ2n) is 2.97. The molecule has 1 amide bonds. The summed E-state index contributed by atoms with van der Waals surface area (Å²) < 4.78 is 0. The number of hydrogen-bond acceptors (Lipinski definition) is 4. The molecule has 1 aromatic heterocycles. The maximum absolute atomic E-state index is 10.5. The second kappa shape index (κ2) is 4.57. The number of carbonyl (C=O) groups excluding carboxylic acids is 1. The molecular formula is C9H13N3O2. The molecule has 14 heavy (non-hydrogen) atoms. The van der Waals surface area contributed by atoms with Crippen LogP contribution in [0.1, 0.15) is 5.56 Å². The third-order valence-corrected chi connectivity index (χ3v) is 1.80. The lowest BCUT2D eigenvalue weighted by Crippen LogP contribution is -2.34. The predicted molar refractivity (Wildman–Crippen MR) is 52.7 cm³/mol. The number of rotatable bonds is 4. The van der Waals surface area contributed by atoms with E-state index >= 15 is 0 Å². The minimum Gasteiger partial charge on any atom is -0.381 e. The van der Waals surface area contributed by atoms with Crippen LogP contribution in [0.3, 0.4) is 0 Å². The van der Waals surface area contributed by atoms with E-state index in [2.05, 4.69) is 10.3 Å². The number of hydrogen-bond donors (Lipinski definition) is 3. The zero-order chi connectivity index (χ0) is 10.6. The molecule has 1 aromatic rings. The lowest BCUT2D eigenvalue weighted by atomic mass is 10.3. The maximum Gasteiger partial charge on any atom is 0.248 e. The van der Waals surface area contributed by atoms with Crippen molar-refractivity contribution in [2.75, 3.05) is 11.9 Å². The summed E-state index contributed by atoms with van der Waals surface area (Å²) in [4.78, 5) is 14.6. The molecule has 0 saturated heterocycles. The number of carbonyl (C=O) groups is 1. The van der Waals surface area contributed by atoms with E-state index in [1.54, 1.807) is 6.20 Å². The molecule has 5 nitrogen and oxygen atoms in total. The first-order valence-corrected chi connectivity index (χ1v) is 4.24. The molecule has 0 aliphatic heterocycles. The molecule has 0 aromatic carbocycles. The number of primary amides is 1. The van der Waals surface area contributed by atoms with Gasteiger partial charge in [0.05, 0.1) is 6.54 Å². The van der Waals surface area contributed by atoms with E-state index in [1.165, 1.54) is 0 Å². The van der Waals surface area contributed by atoms with Crippen LogP contribution in [0.5, 0.6) is 0 Å². The highest BCUT2D eigenvalue weighted by Crippen LogP contribution is 2.08. The summed E-state index contributed by atoms with van der Waals surface area (Å²) >= 11 is 0. The van der Waals surface area contributed by atoms with Crippen molar-refractivity contribution in [3.63, 3.8) is 0 Å². The average Bonchev–Trinajstić information content (AvgIpc) is 2.16. The summed E-state index contributed by atoms with van der Waals surface area (Å²) in [5, 5.41) is 11.9. The molecule has 0 saturated carbocycles. The third kappa shape index (κ3) is 2.70. The van der Waals surface area contributed by atoms with Gasteiger partial charge in [0.2, 0.25) is 5.91 Å². The van der Waals surface area contributed by atoms with Gasteiger partial charge in [0.1, 0.15) is 11.9 Å². The molecule has 76 valence electrons. The van der Waals surface area contributed by atoms with E-state index < -0.39 is 12.0 Å². The van der Waals surface area contributed by atoms with E-state index in [9.17, 15) is 4.79 Å². The van der Waals surface area contributed by atoms with Gasteiger partial charge in [-0.25, -0.2) is 4.98 Å². The van der Waals surface area contributed by atoms with Crippen LogP contribution in [-0.2, 0) is 4.79 Å². The Hall–Kier alpha value is -1.62. The highest BCUT2D eigenvalue weighted by atomic mass is 16.3. The van der Waals surface area contributed by atoms with Gasteiger partial charge in [0.15, 0.2) is 0 Å². The van der Waals surface area contributed by atoms with Crippen LogP contribution in [0.2, 0.25) is 0 Å². The average molecular weight is 195 g/mol. The Morgan fingerprint density at radius 2 is 2.50 bits per heavy atom. The number of nitrogens with two attached hydrogens (primary N) is 1. The number of anilines is 1. The van der Waals surface area contributed by atoms with Crippen LogP contribution < -0.4 is 11.1 Å². The van der Waals surface area contributed by atoms with Crippen molar-refractivity contribution in [2.24, 2.45) is 5.73 Å². The number of aryl methyl sites for hydroxylation is 1. The Bertz CT molecular complexity index is 328. The molecule has 0 spiro atoms. The van der Waals surface area contributed by atoms with E-state index in [0.717, 1.165) is 5.56 Å². The number of amides is 1. The number of nitrogens with zero attached hydrogens (tertiary/aromatic N) is 1. The number of pyridine rings is 1. The zero-order valence-electron chi connectivity index (χ0n) is 7.90. The first kappa shape index (κ1) is 10.5. The van der Waals surface area contributed by atoms with Crippen LogP contribution >= 0.6 is 0 Å². The molecule has 0 radical (unpaired) electrons. The van der Waals surface area contributed by atoms with Crippen LogP contribution in [-0.4, -0.2) is 28.6 Å². The molecule has 0 bridgehead atoms. The van der Waals surface area contributed by atoms with Gasteiger partial charge in [0.25, 0.3) is 0 Å². The van der Waals surface area contributed by atoms with Gasteiger partial charge < -0.3 is 16.2 Å². The fourth-order valence-electron chi connectivity index (χ4n) is 0.965. The van der Waals surface area contributed by atoms with Crippen molar-refractivity contribution >= 4 is 11.7 Å². The van der Waals surface area contributed by atoms with Crippen LogP contribution in [0, 0.1) is 6.92 Å². The predicted octanol–water partition coefficient (Wildman–Crippen LogP) is -0.352. The fourth-order valence-corrected chi connectivity index (χ4v) is 0.965. The Labute approximate surface area is 82.0 Å². The van der Waals surface area contributed by atoms with E-state index in [4.69, 9.17) is 10.8 Å². The van der Waals surface area contributed by atoms with E-state index in [1.807, 2.05) is 19.1 Å². The van der Waals surface area contributed by atoms with Gasteiger partial charge >= 0.3 is 0 Å². The van der Waals surface area contributed by atoms with Crippen molar-refractivity contribution in [1.29, 1.82) is 0 Å². The van der Waals surface area contributed by atoms with Crippen LogP contribution in [0.25, 0.3) is 0 Å². The number of aromatic nitrogens is 1. The minimum absolute atomic E-state index is 0.0766. The molecule has 1 rings (SSSR count). The maximum atomic E-state index is 10.5. The van der Waals surface area contributed by atoms with E-state index in [0.29, 0.717) is 5.82 Å². The number of aliphatic hydroxyl groups is 1. The third-order valence-electron chi connectivity index (χ3n) is 1.80. The van der Waals surface area contributed by atoms with Gasteiger partial charge in [-0.2, -0.15) is 0 Å². The zero-order valence-corrected chi connectivity index (χ0v) is 7.90. The van der Waals surface area contributed by atoms with Gasteiger partial charge in [0, 0.05) is 6.20 Å². The summed E-state index contributed by atoms with van der Waals surface area (Å²) in [6.07, 6.45) is 0.447. The SMILES string of the molecule is Cc1cccnc1NCC(O)C(N)=O. The van der Waals surface area contributed by atoms with Gasteiger partial charge in [-0.05, 0) is 18.6 Å². The normalized spacial score (nSPS) is 12.1. The van der Waals surface area contributed by atoms with Crippen molar-refractivity contribution in [1.82, 2.24) is 4.98 Å². The molecule has 1 atom stereocenters. The summed E-state index contributed by atoms with van der Waals surface area (Å²) in [6, 6.07) is 3.69. The number of nitrogens with one attached hydrogen (secondary N) is 1. The highest BCUT2D eigenvalue weighted by molar-refractivity contribution is 5.79. The summed E-state index contributed by atoms with van der Waals surface area (Å²) in [7, 11) is 0. The summed E-state index contributed by atoms with van der Waals surface area (Å²) in [6.45, 7) is 1.96. The Morgan fingerprint density at radius 3 is 3.07 bits per heavy atom. The topological polar surface area (TPSA) is 88.2 Å². The first-order chi connectivity index (χ1) is 6.61. The quantitative estimate of drug-likeness (QED) is 0.612. The van der Waals surface area contributed by atoms with Gasteiger partial charge in [-0.15, -0.1) is 0 Å². The van der Waals surface area contributed by atoms with E-state index in [-0.39, 0.29) is 6.54 Å². The Morgan fingerprint density at radius 1 is 1.79 bits per heavy atom. The first-order valence-electron chi connectivity index (χ1n) is 4.24. The number of aliphatic hydroxyl groups excluding tert-OH is 1. The molecule has 1 unspecified atom stereocenters. The molecule has 0 fully saturated rings. The molecule has 1 heterocycles. The fraction of sp³-hybridized carbons (Fsp3) is 0.333. The molecular weight excluding hydrogens is 182 g/mol. The van der Waals surface area contributed by atoms with Crippen molar-refractivity contribution in [3.05, 3.63) is 23.9 Å². The lowest BCUT2D eigenvalue weighted by molar-refractivity contribution is -0.125. The lowest BCUT2D eigenvalue weighted by Gasteiger charge is -2.10. The van der Waals surface area contributed by atoms with Gasteiger partial charge in [-0.3, -0.25) is 4.79 Å². The van der Waals surface area contributed by atoms with Crippen molar-refractivity contribution < 1.29 is 9.90 Å². The van der Waals surface area contributed by atoms with Crippen molar-refractivity contribution in [3.8, 4) is 0 Å². The molecule has 4 N–H and O–H groups in total. The van der Waals surface area contributed by atoms with Crippen LogP contribution in [0.15, 0.2) is 18.3 Å². The van der Waals surface area contributed by atoms with Crippen LogP contribution in [0.4, 0.5) is 5.82 Å². The molecule has 5 heteroatoms. The largest absolute Gasteiger partial charge is 0.381 e. The Kier molecular flexibility index (Phi) is 3.41. The summed E-state index contributed by atoms with van der Waals surface area (Å²) in [5.74, 6) is -0.0983. The van der Waals surface area contributed by atoms with Crippen molar-refractivity contribution in [2.45, 2.75) is 13.0 Å². The molecule has 0 aliphatic rings. The smallest absolute Gasteiger partial charge is 0.248 e. The molecule has 0 aliphatic carbocycles. The minimum atomic E-state index is -1.18. The standard InChI is InChI=1S/C9H13N3O2/c1-6-3-2-4-11-9(6)12-5-7(13)8(10)14/h2-4,7,13H,5H2,1H3,(H2,10,14)(H,11,12).